The van der Waals surface area contributed by atoms with Gasteiger partial charge in [-0.05, 0) is 45.0 Å². The van der Waals surface area contributed by atoms with Crippen LogP contribution < -0.4 is 5.32 Å². The standard InChI is InChI=1S/C16H26N2O2S/c1-6-11-18(16(3,4)5)21(19,20)15-10-8-9-14(12-15)13-17-7-2/h6,8-10,12,17H,1,7,11,13H2,2-5H3. The molecule has 0 heterocycles. The molecule has 0 aliphatic rings. The first-order valence-electron chi connectivity index (χ1n) is 7.17. The summed E-state index contributed by atoms with van der Waals surface area (Å²) in [7, 11) is -3.53. The molecule has 1 aromatic rings. The quantitative estimate of drug-likeness (QED) is 0.788. The van der Waals surface area contributed by atoms with Gasteiger partial charge in [-0.3, -0.25) is 0 Å². The van der Waals surface area contributed by atoms with Gasteiger partial charge in [0.1, 0.15) is 0 Å². The van der Waals surface area contributed by atoms with Crippen molar-refractivity contribution in [1.82, 2.24) is 9.62 Å². The predicted molar refractivity (Wildman–Crippen MR) is 87.7 cm³/mol. The Morgan fingerprint density at radius 2 is 2.00 bits per heavy atom. The van der Waals surface area contributed by atoms with Gasteiger partial charge in [-0.1, -0.05) is 25.1 Å². The first-order valence-corrected chi connectivity index (χ1v) is 8.61. The number of rotatable bonds is 7. The number of hydrogen-bond acceptors (Lipinski definition) is 3. The second kappa shape index (κ2) is 7.20. The van der Waals surface area contributed by atoms with E-state index in [2.05, 4.69) is 11.9 Å². The molecule has 1 N–H and O–H groups in total. The number of nitrogens with one attached hydrogen (secondary N) is 1. The van der Waals surface area contributed by atoms with Crippen LogP contribution in [0.25, 0.3) is 0 Å². The van der Waals surface area contributed by atoms with Gasteiger partial charge in [0.15, 0.2) is 0 Å². The van der Waals surface area contributed by atoms with Crippen molar-refractivity contribution in [2.45, 2.75) is 44.7 Å². The summed E-state index contributed by atoms with van der Waals surface area (Å²) in [4.78, 5) is 0.328. The highest BCUT2D eigenvalue weighted by atomic mass is 32.2. The fourth-order valence-electron chi connectivity index (χ4n) is 2.06. The van der Waals surface area contributed by atoms with Crippen molar-refractivity contribution < 1.29 is 8.42 Å². The van der Waals surface area contributed by atoms with E-state index in [-0.39, 0.29) is 0 Å². The van der Waals surface area contributed by atoms with Crippen LogP contribution in [0.4, 0.5) is 0 Å². The minimum Gasteiger partial charge on any atom is -0.313 e. The Morgan fingerprint density at radius 3 is 2.52 bits per heavy atom. The Balaban J connectivity index is 3.19. The Morgan fingerprint density at radius 1 is 1.33 bits per heavy atom. The van der Waals surface area contributed by atoms with Gasteiger partial charge in [0, 0.05) is 18.6 Å². The molecule has 21 heavy (non-hydrogen) atoms. The summed E-state index contributed by atoms with van der Waals surface area (Å²) >= 11 is 0. The van der Waals surface area contributed by atoms with Gasteiger partial charge in [0.25, 0.3) is 0 Å². The zero-order valence-electron chi connectivity index (χ0n) is 13.4. The predicted octanol–water partition coefficient (Wildman–Crippen LogP) is 2.77. The van der Waals surface area contributed by atoms with E-state index in [9.17, 15) is 8.42 Å². The van der Waals surface area contributed by atoms with Crippen LogP contribution in [0.3, 0.4) is 0 Å². The van der Waals surface area contributed by atoms with Gasteiger partial charge < -0.3 is 5.32 Å². The fourth-order valence-corrected chi connectivity index (χ4v) is 3.89. The van der Waals surface area contributed by atoms with Gasteiger partial charge in [-0.15, -0.1) is 6.58 Å². The van der Waals surface area contributed by atoms with Crippen molar-refractivity contribution >= 4 is 10.0 Å². The Hall–Kier alpha value is -1.17. The normalized spacial score (nSPS) is 12.6. The molecule has 4 nitrogen and oxygen atoms in total. The van der Waals surface area contributed by atoms with E-state index >= 15 is 0 Å². The lowest BCUT2D eigenvalue weighted by molar-refractivity contribution is 0.270. The van der Waals surface area contributed by atoms with Crippen LogP contribution in [0.15, 0.2) is 41.8 Å². The third kappa shape index (κ3) is 4.66. The molecule has 1 rings (SSSR count). The van der Waals surface area contributed by atoms with Crippen molar-refractivity contribution in [1.29, 1.82) is 0 Å². The lowest BCUT2D eigenvalue weighted by Crippen LogP contribution is -2.45. The fraction of sp³-hybridized carbons (Fsp3) is 0.500. The Kier molecular flexibility index (Phi) is 6.13. The molecule has 0 fully saturated rings. The van der Waals surface area contributed by atoms with E-state index in [0.29, 0.717) is 18.0 Å². The summed E-state index contributed by atoms with van der Waals surface area (Å²) in [6, 6.07) is 7.09. The maximum atomic E-state index is 12.9. The number of hydrogen-bond donors (Lipinski definition) is 1. The van der Waals surface area contributed by atoms with E-state index in [1.165, 1.54) is 4.31 Å². The van der Waals surface area contributed by atoms with E-state index < -0.39 is 15.6 Å². The molecule has 0 saturated carbocycles. The SMILES string of the molecule is C=CCN(C(C)(C)C)S(=O)(=O)c1cccc(CNCC)c1. The molecule has 0 spiro atoms. The zero-order chi connectivity index (χ0) is 16.1. The maximum absolute atomic E-state index is 12.9. The molecule has 1 aromatic carbocycles. The summed E-state index contributed by atoms with van der Waals surface area (Å²) in [5.41, 5.74) is 0.468. The highest BCUT2D eigenvalue weighted by Gasteiger charge is 2.32. The average molecular weight is 310 g/mol. The highest BCUT2D eigenvalue weighted by Crippen LogP contribution is 2.24. The second-order valence-electron chi connectivity index (χ2n) is 5.92. The van der Waals surface area contributed by atoms with E-state index in [1.54, 1.807) is 24.3 Å². The highest BCUT2D eigenvalue weighted by molar-refractivity contribution is 7.89. The molecule has 5 heteroatoms. The van der Waals surface area contributed by atoms with Crippen LogP contribution in [0.5, 0.6) is 0 Å². The van der Waals surface area contributed by atoms with Gasteiger partial charge in [0.05, 0.1) is 4.90 Å². The summed E-state index contributed by atoms with van der Waals surface area (Å²) in [6.07, 6.45) is 1.62. The van der Waals surface area contributed by atoms with Crippen LogP contribution in [0, 0.1) is 0 Å². The first kappa shape index (κ1) is 17.9. The van der Waals surface area contributed by atoms with Crippen molar-refractivity contribution in [2.24, 2.45) is 0 Å². The second-order valence-corrected chi connectivity index (χ2v) is 7.79. The van der Waals surface area contributed by atoms with Gasteiger partial charge >= 0.3 is 0 Å². The average Bonchev–Trinajstić information content (AvgIpc) is 2.41. The molecule has 0 amide bonds. The molecule has 0 saturated heterocycles. The lowest BCUT2D eigenvalue weighted by atomic mass is 10.1. The molecular weight excluding hydrogens is 284 g/mol. The molecule has 118 valence electrons. The van der Waals surface area contributed by atoms with Crippen LogP contribution >= 0.6 is 0 Å². The van der Waals surface area contributed by atoms with Crippen LogP contribution in [0.2, 0.25) is 0 Å². The maximum Gasteiger partial charge on any atom is 0.243 e. The molecule has 0 radical (unpaired) electrons. The summed E-state index contributed by atoms with van der Waals surface area (Å²) < 4.78 is 27.2. The number of sulfonamides is 1. The third-order valence-corrected chi connectivity index (χ3v) is 5.24. The monoisotopic (exact) mass is 310 g/mol. The van der Waals surface area contributed by atoms with Gasteiger partial charge in [-0.25, -0.2) is 8.42 Å². The minimum atomic E-state index is -3.53. The largest absolute Gasteiger partial charge is 0.313 e. The van der Waals surface area contributed by atoms with E-state index in [4.69, 9.17) is 0 Å². The summed E-state index contributed by atoms with van der Waals surface area (Å²) in [6.45, 7) is 13.1. The molecule has 0 unspecified atom stereocenters. The smallest absolute Gasteiger partial charge is 0.243 e. The Bertz CT molecular complexity index is 574. The van der Waals surface area contributed by atoms with Crippen LogP contribution in [0.1, 0.15) is 33.3 Å². The zero-order valence-corrected chi connectivity index (χ0v) is 14.2. The van der Waals surface area contributed by atoms with Crippen molar-refractivity contribution in [2.75, 3.05) is 13.1 Å². The third-order valence-electron chi connectivity index (χ3n) is 3.11. The number of nitrogens with zero attached hydrogens (tertiary/aromatic N) is 1. The Labute approximate surface area is 128 Å². The van der Waals surface area contributed by atoms with Crippen molar-refractivity contribution in [3.63, 3.8) is 0 Å². The number of benzene rings is 1. The van der Waals surface area contributed by atoms with E-state index in [0.717, 1.165) is 12.1 Å². The minimum absolute atomic E-state index is 0.295. The van der Waals surface area contributed by atoms with E-state index in [1.807, 2.05) is 33.8 Å². The molecule has 0 aliphatic heterocycles. The molecular formula is C16H26N2O2S. The first-order chi connectivity index (χ1) is 9.73. The van der Waals surface area contributed by atoms with Crippen LogP contribution in [-0.2, 0) is 16.6 Å². The molecule has 0 aliphatic carbocycles. The van der Waals surface area contributed by atoms with Gasteiger partial charge in [0.2, 0.25) is 10.0 Å². The lowest BCUT2D eigenvalue weighted by Gasteiger charge is -2.33. The molecule has 0 atom stereocenters. The topological polar surface area (TPSA) is 49.4 Å². The van der Waals surface area contributed by atoms with Crippen molar-refractivity contribution in [3.05, 3.63) is 42.5 Å². The van der Waals surface area contributed by atoms with Gasteiger partial charge in [-0.2, -0.15) is 4.31 Å². The summed E-state index contributed by atoms with van der Waals surface area (Å²) in [5.74, 6) is 0. The molecule has 0 bridgehead atoms. The summed E-state index contributed by atoms with van der Waals surface area (Å²) in [5, 5.41) is 3.20. The van der Waals surface area contributed by atoms with Crippen LogP contribution in [-0.4, -0.2) is 31.4 Å². The molecule has 0 aromatic heterocycles. The van der Waals surface area contributed by atoms with Crippen molar-refractivity contribution in [3.8, 4) is 0 Å².